The maximum absolute atomic E-state index is 13.3. The Kier molecular flexibility index (Phi) is 6.87. The van der Waals surface area contributed by atoms with Gasteiger partial charge >= 0.3 is 0 Å². The highest BCUT2D eigenvalue weighted by atomic mass is 35.5. The van der Waals surface area contributed by atoms with Crippen molar-refractivity contribution < 1.29 is 26.7 Å². The summed E-state index contributed by atoms with van der Waals surface area (Å²) in [5.41, 5.74) is -1.47. The van der Waals surface area contributed by atoms with Gasteiger partial charge in [0, 0.05) is 12.4 Å². The molecule has 0 aliphatic carbocycles. The number of carbonyl (C=O) groups excluding carboxylic acids is 1. The molecule has 0 fully saturated rings. The topological polar surface area (TPSA) is 29.1 Å². The van der Waals surface area contributed by atoms with Crippen LogP contribution in [0.2, 0.25) is 0 Å². The van der Waals surface area contributed by atoms with E-state index in [1.807, 2.05) is 0 Å². The Balaban J connectivity index is 2.71. The van der Waals surface area contributed by atoms with Gasteiger partial charge < -0.3 is 5.32 Å². The second-order valence-corrected chi connectivity index (χ2v) is 4.68. The molecule has 1 aromatic carbocycles. The number of benzene rings is 1. The van der Waals surface area contributed by atoms with Crippen LogP contribution in [0.5, 0.6) is 0 Å². The second-order valence-electron chi connectivity index (χ2n) is 4.30. The Bertz CT molecular complexity index is 495. The molecule has 0 heterocycles. The Morgan fingerprint density at radius 1 is 0.810 bits per heavy atom. The molecule has 8 heteroatoms. The molecule has 0 aliphatic rings. The molecule has 118 valence electrons. The SMILES string of the molecule is O=C(NCCCCCCCl)c1c(F)c(F)c(F)c(F)c1F. The van der Waals surface area contributed by atoms with Crippen LogP contribution in [0.1, 0.15) is 36.0 Å². The van der Waals surface area contributed by atoms with Gasteiger partial charge in [0.25, 0.3) is 5.91 Å². The number of nitrogens with one attached hydrogen (secondary N) is 1. The summed E-state index contributed by atoms with van der Waals surface area (Å²) in [7, 11) is 0. The van der Waals surface area contributed by atoms with Crippen molar-refractivity contribution in [3.63, 3.8) is 0 Å². The van der Waals surface area contributed by atoms with Crippen molar-refractivity contribution in [3.05, 3.63) is 34.6 Å². The summed E-state index contributed by atoms with van der Waals surface area (Å²) in [5.74, 6) is -11.7. The molecule has 0 aliphatic heterocycles. The highest BCUT2D eigenvalue weighted by Gasteiger charge is 2.29. The molecule has 0 spiro atoms. The van der Waals surface area contributed by atoms with E-state index in [0.717, 1.165) is 19.3 Å². The third kappa shape index (κ3) is 4.30. The fraction of sp³-hybridized carbons (Fsp3) is 0.462. The predicted molar refractivity (Wildman–Crippen MR) is 67.8 cm³/mol. The lowest BCUT2D eigenvalue weighted by atomic mass is 10.1. The highest BCUT2D eigenvalue weighted by Crippen LogP contribution is 2.22. The predicted octanol–water partition coefficient (Wildman–Crippen LogP) is 3.91. The van der Waals surface area contributed by atoms with Crippen molar-refractivity contribution in [2.75, 3.05) is 12.4 Å². The third-order valence-electron chi connectivity index (χ3n) is 2.78. The minimum atomic E-state index is -2.29. The average Bonchev–Trinajstić information content (AvgIpc) is 2.47. The first kappa shape index (κ1) is 17.7. The standard InChI is InChI=1S/C13H13ClF5NO/c14-5-3-1-2-4-6-20-13(21)7-8(15)10(17)12(19)11(18)9(7)16/h1-6H2,(H,20,21). The number of hydrogen-bond donors (Lipinski definition) is 1. The van der Waals surface area contributed by atoms with E-state index < -0.39 is 40.6 Å². The van der Waals surface area contributed by atoms with E-state index in [2.05, 4.69) is 5.32 Å². The second kappa shape index (κ2) is 8.17. The molecule has 0 saturated carbocycles. The summed E-state index contributed by atoms with van der Waals surface area (Å²) in [5, 5.41) is 2.12. The summed E-state index contributed by atoms with van der Waals surface area (Å²) < 4.78 is 65.4. The van der Waals surface area contributed by atoms with Crippen LogP contribution in [0.3, 0.4) is 0 Å². The van der Waals surface area contributed by atoms with E-state index in [1.54, 1.807) is 0 Å². The molecule has 2 nitrogen and oxygen atoms in total. The quantitative estimate of drug-likeness (QED) is 0.265. The Morgan fingerprint density at radius 3 is 1.81 bits per heavy atom. The fourth-order valence-corrected chi connectivity index (χ4v) is 1.86. The smallest absolute Gasteiger partial charge is 0.257 e. The van der Waals surface area contributed by atoms with Crippen LogP contribution in [-0.2, 0) is 0 Å². The first-order valence-electron chi connectivity index (χ1n) is 6.27. The monoisotopic (exact) mass is 329 g/mol. The highest BCUT2D eigenvalue weighted by molar-refractivity contribution is 6.17. The van der Waals surface area contributed by atoms with Crippen LogP contribution >= 0.6 is 11.6 Å². The van der Waals surface area contributed by atoms with Gasteiger partial charge in [-0.25, -0.2) is 22.0 Å². The number of unbranched alkanes of at least 4 members (excludes halogenated alkanes) is 3. The molecule has 0 radical (unpaired) electrons. The van der Waals surface area contributed by atoms with Crippen LogP contribution in [0, 0.1) is 29.1 Å². The van der Waals surface area contributed by atoms with Gasteiger partial charge in [-0.3, -0.25) is 4.79 Å². The van der Waals surface area contributed by atoms with Crippen molar-refractivity contribution in [3.8, 4) is 0 Å². The number of rotatable bonds is 7. The number of amides is 1. The molecular formula is C13H13ClF5NO. The zero-order valence-corrected chi connectivity index (χ0v) is 11.7. The van der Waals surface area contributed by atoms with Gasteiger partial charge in [0.05, 0.1) is 0 Å². The van der Waals surface area contributed by atoms with Gasteiger partial charge in [-0.1, -0.05) is 12.8 Å². The van der Waals surface area contributed by atoms with Crippen LogP contribution in [0.4, 0.5) is 22.0 Å². The summed E-state index contributed by atoms with van der Waals surface area (Å²) in [6, 6.07) is 0. The van der Waals surface area contributed by atoms with E-state index in [9.17, 15) is 26.7 Å². The molecule has 0 unspecified atom stereocenters. The summed E-state index contributed by atoms with van der Waals surface area (Å²) in [6.45, 7) is 0.0701. The van der Waals surface area contributed by atoms with Crippen molar-refractivity contribution in [1.29, 1.82) is 0 Å². The molecule has 0 aromatic heterocycles. The Hall–Kier alpha value is -1.37. The van der Waals surface area contributed by atoms with Gasteiger partial charge in [-0.2, -0.15) is 0 Å². The van der Waals surface area contributed by atoms with Gasteiger partial charge in [0.2, 0.25) is 5.82 Å². The largest absolute Gasteiger partial charge is 0.352 e. The maximum Gasteiger partial charge on any atom is 0.257 e. The van der Waals surface area contributed by atoms with Crippen LogP contribution in [-0.4, -0.2) is 18.3 Å². The normalized spacial score (nSPS) is 10.8. The minimum Gasteiger partial charge on any atom is -0.352 e. The number of hydrogen-bond acceptors (Lipinski definition) is 1. The molecule has 1 amide bonds. The molecule has 21 heavy (non-hydrogen) atoms. The number of carbonyl (C=O) groups is 1. The van der Waals surface area contributed by atoms with Crippen molar-refractivity contribution in [2.24, 2.45) is 0 Å². The summed E-state index contributed by atoms with van der Waals surface area (Å²) >= 11 is 5.47. The van der Waals surface area contributed by atoms with Crippen LogP contribution in [0.25, 0.3) is 0 Å². The molecule has 0 bridgehead atoms. The van der Waals surface area contributed by atoms with E-state index in [1.165, 1.54) is 0 Å². The summed E-state index contributed by atoms with van der Waals surface area (Å²) in [6.07, 6.45) is 2.86. The first-order valence-corrected chi connectivity index (χ1v) is 6.80. The minimum absolute atomic E-state index is 0.0701. The lowest BCUT2D eigenvalue weighted by Crippen LogP contribution is -2.28. The molecule has 0 atom stereocenters. The van der Waals surface area contributed by atoms with E-state index in [0.29, 0.717) is 12.3 Å². The molecule has 1 N–H and O–H groups in total. The number of halogens is 6. The lowest BCUT2D eigenvalue weighted by Gasteiger charge is -2.09. The van der Waals surface area contributed by atoms with Gasteiger partial charge in [-0.05, 0) is 12.8 Å². The number of alkyl halides is 1. The van der Waals surface area contributed by atoms with Crippen molar-refractivity contribution >= 4 is 17.5 Å². The summed E-state index contributed by atoms with van der Waals surface area (Å²) in [4.78, 5) is 11.5. The first-order chi connectivity index (χ1) is 9.91. The van der Waals surface area contributed by atoms with E-state index >= 15 is 0 Å². The van der Waals surface area contributed by atoms with Crippen molar-refractivity contribution in [2.45, 2.75) is 25.7 Å². The molecule has 0 saturated heterocycles. The maximum atomic E-state index is 13.3. The van der Waals surface area contributed by atoms with Crippen LogP contribution in [0.15, 0.2) is 0 Å². The van der Waals surface area contributed by atoms with Gasteiger partial charge in [0.1, 0.15) is 5.56 Å². The Labute approximate surface area is 123 Å². The Morgan fingerprint density at radius 2 is 1.29 bits per heavy atom. The van der Waals surface area contributed by atoms with Crippen molar-refractivity contribution in [1.82, 2.24) is 5.32 Å². The van der Waals surface area contributed by atoms with E-state index in [4.69, 9.17) is 11.6 Å². The zero-order valence-electron chi connectivity index (χ0n) is 10.9. The van der Waals surface area contributed by atoms with Crippen LogP contribution < -0.4 is 5.32 Å². The zero-order chi connectivity index (χ0) is 16.0. The lowest BCUT2D eigenvalue weighted by molar-refractivity contribution is 0.0941. The van der Waals surface area contributed by atoms with Gasteiger partial charge in [-0.15, -0.1) is 11.6 Å². The fourth-order valence-electron chi connectivity index (χ4n) is 1.67. The average molecular weight is 330 g/mol. The molecular weight excluding hydrogens is 317 g/mol. The molecule has 1 aromatic rings. The van der Waals surface area contributed by atoms with E-state index in [-0.39, 0.29) is 6.54 Å². The molecule has 1 rings (SSSR count). The third-order valence-corrected chi connectivity index (χ3v) is 3.05. The van der Waals surface area contributed by atoms with Gasteiger partial charge in [0.15, 0.2) is 23.3 Å².